The van der Waals surface area contributed by atoms with Crippen molar-refractivity contribution >= 4 is 11.8 Å². The molecule has 3 saturated heterocycles. The number of rotatable bonds is 6. The molecule has 3 aliphatic rings. The molecule has 3 unspecified atom stereocenters. The van der Waals surface area contributed by atoms with Gasteiger partial charge in [0.15, 0.2) is 11.6 Å². The molecule has 3 aromatic carbocycles. The van der Waals surface area contributed by atoms with Crippen LogP contribution in [0.2, 0.25) is 0 Å². The lowest BCUT2D eigenvalue weighted by Crippen LogP contribution is -2.58. The van der Waals surface area contributed by atoms with Crippen LogP contribution in [0.4, 0.5) is 35.1 Å². The predicted molar refractivity (Wildman–Crippen MR) is 177 cm³/mol. The van der Waals surface area contributed by atoms with Crippen molar-refractivity contribution in [2.45, 2.75) is 69.0 Å². The van der Waals surface area contributed by atoms with Crippen molar-refractivity contribution in [2.24, 2.45) is 0 Å². The number of benzene rings is 3. The summed E-state index contributed by atoms with van der Waals surface area (Å²) in [5.41, 5.74) is -2.66. The number of piperidine rings is 1. The second-order valence-electron chi connectivity index (χ2n) is 13.9. The Kier molecular flexibility index (Phi) is 11.3. The number of hydrogen-bond donors (Lipinski definition) is 0. The van der Waals surface area contributed by atoms with E-state index >= 15 is 0 Å². The van der Waals surface area contributed by atoms with E-state index in [1.807, 2.05) is 30.3 Å². The number of hydrogen-bond acceptors (Lipinski definition) is 4. The van der Waals surface area contributed by atoms with Crippen molar-refractivity contribution in [3.63, 3.8) is 0 Å². The van der Waals surface area contributed by atoms with E-state index in [1.165, 1.54) is 11.0 Å². The Bertz CT molecular complexity index is 1690. The van der Waals surface area contributed by atoms with Gasteiger partial charge in [0.25, 0.3) is 11.8 Å². The Morgan fingerprint density at radius 2 is 1.23 bits per heavy atom. The van der Waals surface area contributed by atoms with Crippen LogP contribution in [0.25, 0.3) is 0 Å². The van der Waals surface area contributed by atoms with Crippen molar-refractivity contribution < 1.29 is 44.7 Å². The van der Waals surface area contributed by atoms with Gasteiger partial charge in [-0.2, -0.15) is 26.3 Å². The number of carbonyl (C=O) groups is 2. The topological polar surface area (TPSA) is 47.1 Å². The molecule has 0 aliphatic carbocycles. The van der Waals surface area contributed by atoms with Crippen LogP contribution in [0.1, 0.15) is 69.5 Å². The lowest BCUT2D eigenvalue weighted by Gasteiger charge is -2.47. The van der Waals surface area contributed by atoms with Crippen LogP contribution in [0.15, 0.2) is 66.7 Å². The Balaban J connectivity index is 1.11. The molecule has 0 bridgehead atoms. The van der Waals surface area contributed by atoms with E-state index in [4.69, 9.17) is 0 Å². The van der Waals surface area contributed by atoms with Crippen LogP contribution in [-0.4, -0.2) is 95.4 Å². The van der Waals surface area contributed by atoms with Gasteiger partial charge in [-0.25, -0.2) is 8.78 Å². The van der Waals surface area contributed by atoms with Crippen LogP contribution in [0.5, 0.6) is 0 Å². The highest BCUT2D eigenvalue weighted by Crippen LogP contribution is 2.37. The van der Waals surface area contributed by atoms with Crippen molar-refractivity contribution in [1.29, 1.82) is 0 Å². The number of alkyl halides is 6. The highest BCUT2D eigenvalue weighted by Gasteiger charge is 2.40. The zero-order valence-corrected chi connectivity index (χ0v) is 28.4. The third-order valence-electron chi connectivity index (χ3n) is 10.6. The lowest BCUT2D eigenvalue weighted by atomic mass is 9.90. The van der Waals surface area contributed by atoms with Gasteiger partial charge in [-0.3, -0.25) is 19.4 Å². The lowest BCUT2D eigenvalue weighted by molar-refractivity contribution is -0.143. The van der Waals surface area contributed by atoms with E-state index in [-0.39, 0.29) is 36.2 Å². The monoisotopic (exact) mass is 736 g/mol. The van der Waals surface area contributed by atoms with Gasteiger partial charge in [-0.05, 0) is 80.5 Å². The van der Waals surface area contributed by atoms with Crippen LogP contribution < -0.4 is 0 Å². The van der Waals surface area contributed by atoms with Crippen molar-refractivity contribution in [1.82, 2.24) is 19.6 Å². The van der Waals surface area contributed by atoms with E-state index in [0.29, 0.717) is 44.5 Å². The molecule has 2 amide bonds. The molecule has 0 saturated carbocycles. The maximum Gasteiger partial charge on any atom is 0.416 e. The summed E-state index contributed by atoms with van der Waals surface area (Å²) in [6.07, 6.45) is -6.31. The Labute approximate surface area is 297 Å². The minimum absolute atomic E-state index is 0.0327. The molecule has 14 heteroatoms. The fourth-order valence-corrected chi connectivity index (χ4v) is 7.88. The standard InChI is InChI=1S/C38H40F8N4O2/c39-33-9-8-26(22-34(33)40)35(51)49-12-4-7-30(10-13-49)47-15-17-48(18-16-47)31-11-14-50(32(24-31)19-25-5-2-1-3-6-25)36(52)27-20-28(37(41,42)43)23-29(21-27)38(44,45)46/h1-3,5-6,8-9,20-23,30-32H,4,7,10-19,24H2. The predicted octanol–water partition coefficient (Wildman–Crippen LogP) is 7.53. The molecule has 6 nitrogen and oxygen atoms in total. The summed E-state index contributed by atoms with van der Waals surface area (Å²) in [7, 11) is 0. The van der Waals surface area contributed by atoms with Gasteiger partial charge < -0.3 is 9.80 Å². The summed E-state index contributed by atoms with van der Waals surface area (Å²) >= 11 is 0. The first-order chi connectivity index (χ1) is 24.7. The zero-order chi connectivity index (χ0) is 37.2. The van der Waals surface area contributed by atoms with Crippen molar-refractivity contribution in [2.75, 3.05) is 45.8 Å². The molecule has 280 valence electrons. The maximum absolute atomic E-state index is 13.8. The van der Waals surface area contributed by atoms with Crippen LogP contribution in [0.3, 0.4) is 0 Å². The summed E-state index contributed by atoms with van der Waals surface area (Å²) in [5.74, 6) is -3.25. The average Bonchev–Trinajstić information content (AvgIpc) is 3.38. The van der Waals surface area contributed by atoms with Crippen LogP contribution in [-0.2, 0) is 18.8 Å². The van der Waals surface area contributed by atoms with Gasteiger partial charge in [0.05, 0.1) is 11.1 Å². The summed E-state index contributed by atoms with van der Waals surface area (Å²) in [6, 6.07) is 13.4. The molecule has 3 fully saturated rings. The van der Waals surface area contributed by atoms with Crippen LogP contribution >= 0.6 is 0 Å². The number of halogens is 8. The second-order valence-corrected chi connectivity index (χ2v) is 13.9. The highest BCUT2D eigenvalue weighted by molar-refractivity contribution is 5.95. The summed E-state index contributed by atoms with van der Waals surface area (Å²) < 4.78 is 109. The second kappa shape index (κ2) is 15.5. The third kappa shape index (κ3) is 8.76. The van der Waals surface area contributed by atoms with E-state index < -0.39 is 52.6 Å². The first kappa shape index (κ1) is 37.7. The summed E-state index contributed by atoms with van der Waals surface area (Å²) in [5, 5.41) is 0. The van der Waals surface area contributed by atoms with Gasteiger partial charge in [0, 0.05) is 75.1 Å². The first-order valence-corrected chi connectivity index (χ1v) is 17.5. The average molecular weight is 737 g/mol. The fourth-order valence-electron chi connectivity index (χ4n) is 7.88. The minimum Gasteiger partial charge on any atom is -0.339 e. The molecule has 0 radical (unpaired) electrons. The SMILES string of the molecule is O=C(c1ccc(F)c(F)c1)N1CCCC(N2CCN(C3CCN(C(=O)c4cc(C(F)(F)F)cc(C(F)(F)F)c4)C(Cc4ccccc4)C3)CC2)CC1. The van der Waals surface area contributed by atoms with Gasteiger partial charge in [0.1, 0.15) is 0 Å². The normalized spacial score (nSPS) is 22.7. The van der Waals surface area contributed by atoms with Gasteiger partial charge >= 0.3 is 12.4 Å². The number of piperazine rings is 1. The van der Waals surface area contributed by atoms with Crippen molar-refractivity contribution in [3.05, 3.63) is 106 Å². The Morgan fingerprint density at radius 3 is 1.85 bits per heavy atom. The molecule has 3 aliphatic heterocycles. The smallest absolute Gasteiger partial charge is 0.339 e. The number of nitrogens with zero attached hydrogens (tertiary/aromatic N) is 4. The minimum atomic E-state index is -5.06. The molecular weight excluding hydrogens is 696 g/mol. The quantitative estimate of drug-likeness (QED) is 0.246. The number of amides is 2. The maximum atomic E-state index is 13.8. The Hall–Kier alpha value is -4.04. The zero-order valence-electron chi connectivity index (χ0n) is 28.4. The number of likely N-dealkylation sites (tertiary alicyclic amines) is 2. The van der Waals surface area contributed by atoms with Gasteiger partial charge in [-0.15, -0.1) is 0 Å². The first-order valence-electron chi connectivity index (χ1n) is 17.5. The van der Waals surface area contributed by atoms with Crippen molar-refractivity contribution in [3.8, 4) is 0 Å². The molecule has 3 aromatic rings. The highest BCUT2D eigenvalue weighted by atomic mass is 19.4. The molecule has 3 heterocycles. The van der Waals surface area contributed by atoms with E-state index in [1.54, 1.807) is 4.90 Å². The van der Waals surface area contributed by atoms with Crippen LogP contribution in [0, 0.1) is 11.6 Å². The fraction of sp³-hybridized carbons (Fsp3) is 0.474. The molecule has 3 atom stereocenters. The van der Waals surface area contributed by atoms with E-state index in [2.05, 4.69) is 9.80 Å². The molecule has 0 aromatic heterocycles. The van der Waals surface area contributed by atoms with E-state index in [9.17, 15) is 44.7 Å². The molecule has 6 rings (SSSR count). The van der Waals surface area contributed by atoms with Gasteiger partial charge in [0.2, 0.25) is 0 Å². The number of carbonyl (C=O) groups excluding carboxylic acids is 2. The third-order valence-corrected chi connectivity index (χ3v) is 10.6. The molecule has 52 heavy (non-hydrogen) atoms. The largest absolute Gasteiger partial charge is 0.416 e. The summed E-state index contributed by atoms with van der Waals surface area (Å²) in [4.78, 5) is 34.7. The molecule has 0 spiro atoms. The Morgan fingerprint density at radius 1 is 0.615 bits per heavy atom. The molecule has 0 N–H and O–H groups in total. The van der Waals surface area contributed by atoms with Gasteiger partial charge in [-0.1, -0.05) is 30.3 Å². The summed E-state index contributed by atoms with van der Waals surface area (Å²) in [6.45, 7) is 4.23. The molecular formula is C38H40F8N4O2. The van der Waals surface area contributed by atoms with E-state index in [0.717, 1.165) is 63.1 Å².